The minimum atomic E-state index is 0.691. The van der Waals surface area contributed by atoms with Gasteiger partial charge >= 0.3 is 0 Å². The Kier molecular flexibility index (Phi) is 3.49. The van der Waals surface area contributed by atoms with Crippen molar-refractivity contribution in [2.75, 3.05) is 5.32 Å². The van der Waals surface area contributed by atoms with Gasteiger partial charge in [-0.3, -0.25) is 4.68 Å². The van der Waals surface area contributed by atoms with Crippen LogP contribution in [-0.2, 0) is 14.1 Å². The van der Waals surface area contributed by atoms with Gasteiger partial charge in [0, 0.05) is 25.3 Å². The van der Waals surface area contributed by atoms with Crippen LogP contribution in [0.5, 0.6) is 0 Å². The first-order valence-corrected chi connectivity index (χ1v) is 7.98. The molecule has 0 amide bonds. The normalized spacial score (nSPS) is 11.1. The Labute approximate surface area is 145 Å². The van der Waals surface area contributed by atoms with Gasteiger partial charge in [-0.05, 0) is 28.1 Å². The SMILES string of the molecule is Cn1cc(-c2cccc(Nc3ncnc4c3c(Br)nn4C)c2)nn1. The minimum absolute atomic E-state index is 0.691. The van der Waals surface area contributed by atoms with E-state index in [-0.39, 0.29) is 0 Å². The van der Waals surface area contributed by atoms with Gasteiger partial charge in [0.05, 0.1) is 11.6 Å². The Hall–Kier alpha value is -2.81. The van der Waals surface area contributed by atoms with E-state index in [2.05, 4.69) is 46.6 Å². The Morgan fingerprint density at radius 1 is 1.17 bits per heavy atom. The largest absolute Gasteiger partial charge is 0.339 e. The molecule has 0 saturated carbocycles. The summed E-state index contributed by atoms with van der Waals surface area (Å²) in [5, 5.41) is 16.6. The molecule has 0 aliphatic rings. The lowest BCUT2D eigenvalue weighted by atomic mass is 10.1. The summed E-state index contributed by atoms with van der Waals surface area (Å²) < 4.78 is 4.09. The number of fused-ring (bicyclic) bond motifs is 1. The van der Waals surface area contributed by atoms with Crippen molar-refractivity contribution in [3.8, 4) is 11.3 Å². The van der Waals surface area contributed by atoms with Crippen molar-refractivity contribution in [1.29, 1.82) is 0 Å². The quantitative estimate of drug-likeness (QED) is 0.584. The third-order valence-corrected chi connectivity index (χ3v) is 4.16. The van der Waals surface area contributed by atoms with Crippen LogP contribution in [0.1, 0.15) is 0 Å². The van der Waals surface area contributed by atoms with Crippen molar-refractivity contribution in [3.63, 3.8) is 0 Å². The molecule has 24 heavy (non-hydrogen) atoms. The molecule has 9 heteroatoms. The van der Waals surface area contributed by atoms with Crippen LogP contribution in [0.2, 0.25) is 0 Å². The molecule has 0 aliphatic carbocycles. The van der Waals surface area contributed by atoms with Gasteiger partial charge in [0.2, 0.25) is 0 Å². The monoisotopic (exact) mass is 384 g/mol. The summed E-state index contributed by atoms with van der Waals surface area (Å²) in [7, 11) is 3.69. The Bertz CT molecular complexity index is 1040. The van der Waals surface area contributed by atoms with Crippen molar-refractivity contribution in [1.82, 2.24) is 34.7 Å². The molecule has 0 spiro atoms. The lowest BCUT2D eigenvalue weighted by molar-refractivity contribution is 0.715. The second kappa shape index (κ2) is 5.68. The number of anilines is 2. The van der Waals surface area contributed by atoms with Crippen LogP contribution in [-0.4, -0.2) is 34.7 Å². The van der Waals surface area contributed by atoms with Gasteiger partial charge in [0.15, 0.2) is 5.65 Å². The third kappa shape index (κ3) is 2.52. The molecule has 1 N–H and O–H groups in total. The standard InChI is InChI=1S/C15H13BrN8/c1-23-7-11(20-22-23)9-4-3-5-10(6-9)19-14-12-13(16)21-24(2)15(12)18-8-17-14/h3-8H,1-2H3,(H,17,18,19). The lowest BCUT2D eigenvalue weighted by Gasteiger charge is -2.07. The maximum Gasteiger partial charge on any atom is 0.164 e. The number of nitrogens with zero attached hydrogens (tertiary/aromatic N) is 7. The Morgan fingerprint density at radius 3 is 2.83 bits per heavy atom. The second-order valence-corrected chi connectivity index (χ2v) is 6.07. The minimum Gasteiger partial charge on any atom is -0.339 e. The molecule has 0 unspecified atom stereocenters. The Balaban J connectivity index is 1.74. The molecular formula is C15H13BrN8. The molecule has 3 heterocycles. The number of hydrogen-bond acceptors (Lipinski definition) is 6. The summed E-state index contributed by atoms with van der Waals surface area (Å²) in [6, 6.07) is 7.92. The zero-order valence-corrected chi connectivity index (χ0v) is 14.6. The topological polar surface area (TPSA) is 86.3 Å². The van der Waals surface area contributed by atoms with Crippen molar-refractivity contribution >= 4 is 38.5 Å². The zero-order chi connectivity index (χ0) is 16.7. The molecule has 1 aromatic carbocycles. The first-order chi connectivity index (χ1) is 11.6. The Morgan fingerprint density at radius 2 is 2.04 bits per heavy atom. The number of nitrogens with one attached hydrogen (secondary N) is 1. The van der Waals surface area contributed by atoms with E-state index >= 15 is 0 Å². The van der Waals surface area contributed by atoms with Gasteiger partial charge < -0.3 is 5.32 Å². The number of aromatic nitrogens is 7. The molecule has 0 saturated heterocycles. The summed E-state index contributed by atoms with van der Waals surface area (Å²) in [5.74, 6) is 0.691. The number of halogens is 1. The molecule has 0 atom stereocenters. The second-order valence-electron chi connectivity index (χ2n) is 5.32. The highest BCUT2D eigenvalue weighted by Gasteiger charge is 2.13. The maximum atomic E-state index is 4.35. The maximum absolute atomic E-state index is 4.35. The van der Waals surface area contributed by atoms with Crippen LogP contribution >= 0.6 is 15.9 Å². The lowest BCUT2D eigenvalue weighted by Crippen LogP contribution is -1.97. The molecule has 4 aromatic rings. The van der Waals surface area contributed by atoms with E-state index in [0.29, 0.717) is 10.4 Å². The fraction of sp³-hybridized carbons (Fsp3) is 0.133. The highest BCUT2D eigenvalue weighted by atomic mass is 79.9. The van der Waals surface area contributed by atoms with E-state index in [4.69, 9.17) is 0 Å². The van der Waals surface area contributed by atoms with Crippen molar-refractivity contribution < 1.29 is 0 Å². The van der Waals surface area contributed by atoms with Gasteiger partial charge in [-0.2, -0.15) is 5.10 Å². The van der Waals surface area contributed by atoms with E-state index in [1.807, 2.05) is 44.6 Å². The molecule has 3 aromatic heterocycles. The number of aryl methyl sites for hydroxylation is 2. The zero-order valence-electron chi connectivity index (χ0n) is 13.0. The highest BCUT2D eigenvalue weighted by molar-refractivity contribution is 9.10. The van der Waals surface area contributed by atoms with Crippen LogP contribution in [0.25, 0.3) is 22.3 Å². The van der Waals surface area contributed by atoms with Gasteiger partial charge in [0.25, 0.3) is 0 Å². The number of benzene rings is 1. The number of hydrogen-bond donors (Lipinski definition) is 1. The van der Waals surface area contributed by atoms with E-state index in [1.54, 1.807) is 9.36 Å². The molecular weight excluding hydrogens is 372 g/mol. The van der Waals surface area contributed by atoms with Crippen LogP contribution in [0, 0.1) is 0 Å². The van der Waals surface area contributed by atoms with E-state index < -0.39 is 0 Å². The van der Waals surface area contributed by atoms with Crippen LogP contribution in [0.3, 0.4) is 0 Å². The summed E-state index contributed by atoms with van der Waals surface area (Å²) in [6.07, 6.45) is 3.39. The smallest absolute Gasteiger partial charge is 0.164 e. The van der Waals surface area contributed by atoms with E-state index in [0.717, 1.165) is 28.0 Å². The van der Waals surface area contributed by atoms with Crippen LogP contribution in [0.4, 0.5) is 11.5 Å². The fourth-order valence-electron chi connectivity index (χ4n) is 2.51. The molecule has 0 aliphatic heterocycles. The molecule has 0 radical (unpaired) electrons. The van der Waals surface area contributed by atoms with Crippen LogP contribution in [0.15, 0.2) is 41.4 Å². The van der Waals surface area contributed by atoms with Crippen molar-refractivity contribution in [3.05, 3.63) is 41.4 Å². The summed E-state index contributed by atoms with van der Waals surface area (Å²) >= 11 is 3.46. The summed E-state index contributed by atoms with van der Waals surface area (Å²) in [5.41, 5.74) is 3.44. The first-order valence-electron chi connectivity index (χ1n) is 7.19. The van der Waals surface area contributed by atoms with Crippen LogP contribution < -0.4 is 5.32 Å². The molecule has 0 fully saturated rings. The van der Waals surface area contributed by atoms with Crippen molar-refractivity contribution in [2.24, 2.45) is 14.1 Å². The van der Waals surface area contributed by atoms with E-state index in [1.165, 1.54) is 6.33 Å². The van der Waals surface area contributed by atoms with Gasteiger partial charge in [-0.1, -0.05) is 17.3 Å². The molecule has 8 nitrogen and oxygen atoms in total. The predicted octanol–water partition coefficient (Wildman–Crippen LogP) is 2.66. The first kappa shape index (κ1) is 14.8. The molecule has 4 rings (SSSR count). The van der Waals surface area contributed by atoms with Crippen molar-refractivity contribution in [2.45, 2.75) is 0 Å². The molecule has 0 bridgehead atoms. The summed E-state index contributed by atoms with van der Waals surface area (Å²) in [4.78, 5) is 8.62. The van der Waals surface area contributed by atoms with Gasteiger partial charge in [-0.15, -0.1) is 5.10 Å². The summed E-state index contributed by atoms with van der Waals surface area (Å²) in [6.45, 7) is 0. The average Bonchev–Trinajstić information content (AvgIpc) is 3.13. The molecule has 120 valence electrons. The van der Waals surface area contributed by atoms with E-state index in [9.17, 15) is 0 Å². The average molecular weight is 385 g/mol. The predicted molar refractivity (Wildman–Crippen MR) is 93.7 cm³/mol. The third-order valence-electron chi connectivity index (χ3n) is 3.60. The number of rotatable bonds is 3. The highest BCUT2D eigenvalue weighted by Crippen LogP contribution is 2.30. The van der Waals surface area contributed by atoms with Gasteiger partial charge in [-0.25, -0.2) is 14.6 Å². The van der Waals surface area contributed by atoms with Gasteiger partial charge in [0.1, 0.15) is 22.4 Å². The fourth-order valence-corrected chi connectivity index (χ4v) is 3.11.